The van der Waals surface area contributed by atoms with Gasteiger partial charge in [0.1, 0.15) is 0 Å². The first-order valence-corrected chi connectivity index (χ1v) is 6.22. The van der Waals surface area contributed by atoms with Gasteiger partial charge in [0.15, 0.2) is 0 Å². The van der Waals surface area contributed by atoms with E-state index in [4.69, 9.17) is 5.73 Å². The quantitative estimate of drug-likeness (QED) is 0.831. The molecule has 1 aromatic carbocycles. The van der Waals surface area contributed by atoms with Gasteiger partial charge in [-0.3, -0.25) is 4.79 Å². The van der Waals surface area contributed by atoms with Gasteiger partial charge in [-0.15, -0.1) is 0 Å². The number of amides is 1. The van der Waals surface area contributed by atoms with Crippen molar-refractivity contribution in [2.45, 2.75) is 37.6 Å². The van der Waals surface area contributed by atoms with Gasteiger partial charge in [0.2, 0.25) is 5.91 Å². The first-order valence-electron chi connectivity index (χ1n) is 6.22. The van der Waals surface area contributed by atoms with Crippen LogP contribution in [0.1, 0.15) is 37.7 Å². The summed E-state index contributed by atoms with van der Waals surface area (Å²) in [7, 11) is 0. The van der Waals surface area contributed by atoms with Gasteiger partial charge in [-0.25, -0.2) is 0 Å². The molecule has 1 aliphatic rings. The Morgan fingerprint density at radius 1 is 1.41 bits per heavy atom. The zero-order valence-corrected chi connectivity index (χ0v) is 10.3. The van der Waals surface area contributed by atoms with Crippen LogP contribution in [-0.2, 0) is 4.79 Å². The van der Waals surface area contributed by atoms with Gasteiger partial charge in [-0.05, 0) is 31.7 Å². The lowest BCUT2D eigenvalue weighted by Gasteiger charge is -2.38. The van der Waals surface area contributed by atoms with Crippen molar-refractivity contribution in [1.29, 1.82) is 0 Å². The number of carbonyl (C=O) groups is 1. The summed E-state index contributed by atoms with van der Waals surface area (Å²) < 4.78 is 0. The third-order valence-electron chi connectivity index (χ3n) is 3.66. The maximum Gasteiger partial charge on any atom is 0.227 e. The molecule has 17 heavy (non-hydrogen) atoms. The summed E-state index contributed by atoms with van der Waals surface area (Å²) in [6.07, 6.45) is 3.22. The first kappa shape index (κ1) is 12.1. The van der Waals surface area contributed by atoms with Crippen molar-refractivity contribution in [2.75, 3.05) is 6.54 Å². The molecule has 1 amide bonds. The van der Waals surface area contributed by atoms with E-state index in [9.17, 15) is 4.79 Å². The third-order valence-corrected chi connectivity index (χ3v) is 3.66. The first-order chi connectivity index (χ1) is 8.11. The highest BCUT2D eigenvalue weighted by molar-refractivity contribution is 5.83. The molecule has 1 aromatic rings. The van der Waals surface area contributed by atoms with Crippen molar-refractivity contribution in [3.63, 3.8) is 0 Å². The van der Waals surface area contributed by atoms with Gasteiger partial charge < -0.3 is 11.1 Å². The van der Waals surface area contributed by atoms with Crippen molar-refractivity contribution in [2.24, 2.45) is 5.73 Å². The van der Waals surface area contributed by atoms with Gasteiger partial charge in [0.25, 0.3) is 0 Å². The molecule has 0 bridgehead atoms. The molecule has 0 aromatic heterocycles. The molecule has 3 N–H and O–H groups in total. The highest BCUT2D eigenvalue weighted by Crippen LogP contribution is 2.28. The van der Waals surface area contributed by atoms with E-state index < -0.39 is 0 Å². The highest BCUT2D eigenvalue weighted by Gasteiger charge is 2.33. The summed E-state index contributed by atoms with van der Waals surface area (Å²) in [5.74, 6) is -0.0483. The molecule has 0 radical (unpaired) electrons. The Bertz CT molecular complexity index is 384. The second-order valence-corrected chi connectivity index (χ2v) is 5.07. The minimum atomic E-state index is -0.147. The second-order valence-electron chi connectivity index (χ2n) is 5.07. The molecule has 92 valence electrons. The zero-order valence-electron chi connectivity index (χ0n) is 10.3. The molecule has 1 fully saturated rings. The van der Waals surface area contributed by atoms with E-state index in [0.717, 1.165) is 18.4 Å². The monoisotopic (exact) mass is 232 g/mol. The molecule has 1 aliphatic carbocycles. The Hall–Kier alpha value is -1.35. The van der Waals surface area contributed by atoms with Gasteiger partial charge in [-0.1, -0.05) is 30.3 Å². The lowest BCUT2D eigenvalue weighted by atomic mass is 9.77. The minimum Gasteiger partial charge on any atom is -0.354 e. The van der Waals surface area contributed by atoms with Crippen LogP contribution in [0.5, 0.6) is 0 Å². The molecule has 0 saturated heterocycles. The van der Waals surface area contributed by atoms with Crippen LogP contribution < -0.4 is 11.1 Å². The van der Waals surface area contributed by atoms with Gasteiger partial charge >= 0.3 is 0 Å². The van der Waals surface area contributed by atoms with Gasteiger partial charge in [0, 0.05) is 12.1 Å². The summed E-state index contributed by atoms with van der Waals surface area (Å²) in [5.41, 5.74) is 6.97. The van der Waals surface area contributed by atoms with Crippen molar-refractivity contribution in [3.8, 4) is 0 Å². The molecule has 1 saturated carbocycles. The Balaban J connectivity index is 1.87. The summed E-state index contributed by atoms with van der Waals surface area (Å²) >= 11 is 0. The van der Waals surface area contributed by atoms with Crippen molar-refractivity contribution >= 4 is 5.91 Å². The lowest BCUT2D eigenvalue weighted by molar-refractivity contribution is -0.122. The van der Waals surface area contributed by atoms with Crippen LogP contribution in [-0.4, -0.2) is 18.0 Å². The van der Waals surface area contributed by atoms with Crippen LogP contribution >= 0.6 is 0 Å². The van der Waals surface area contributed by atoms with Crippen LogP contribution in [0.25, 0.3) is 0 Å². The number of hydrogen-bond donors (Lipinski definition) is 2. The number of carbonyl (C=O) groups excluding carboxylic acids is 1. The van der Waals surface area contributed by atoms with E-state index in [1.807, 2.05) is 37.3 Å². The van der Waals surface area contributed by atoms with Gasteiger partial charge in [0.05, 0.1) is 5.92 Å². The normalized spacial score (nSPS) is 19.2. The smallest absolute Gasteiger partial charge is 0.227 e. The summed E-state index contributed by atoms with van der Waals surface area (Å²) in [4.78, 5) is 12.0. The van der Waals surface area contributed by atoms with Crippen molar-refractivity contribution in [1.82, 2.24) is 5.32 Å². The number of benzene rings is 1. The van der Waals surface area contributed by atoms with E-state index in [1.165, 1.54) is 6.42 Å². The van der Waals surface area contributed by atoms with E-state index in [1.54, 1.807) is 0 Å². The fraction of sp³-hybridized carbons (Fsp3) is 0.500. The van der Waals surface area contributed by atoms with E-state index >= 15 is 0 Å². The summed E-state index contributed by atoms with van der Waals surface area (Å²) in [6.45, 7) is 2.53. The molecular formula is C14H20N2O. The van der Waals surface area contributed by atoms with E-state index in [2.05, 4.69) is 5.32 Å². The maximum atomic E-state index is 12.0. The molecule has 0 aliphatic heterocycles. The fourth-order valence-corrected chi connectivity index (χ4v) is 2.12. The lowest BCUT2D eigenvalue weighted by Crippen LogP contribution is -2.55. The van der Waals surface area contributed by atoms with E-state index in [0.29, 0.717) is 6.54 Å². The standard InChI is InChI=1S/C14H20N2O/c1-11(12-6-3-2-4-7-12)13(17)16-10-14(15)8-5-9-14/h2-4,6-7,11H,5,8-10,15H2,1H3,(H,16,17). The molecule has 0 spiro atoms. The SMILES string of the molecule is CC(C(=O)NCC1(N)CCC1)c1ccccc1. The van der Waals surface area contributed by atoms with Crippen LogP contribution in [0.2, 0.25) is 0 Å². The molecule has 2 rings (SSSR count). The fourth-order valence-electron chi connectivity index (χ4n) is 2.12. The van der Waals surface area contributed by atoms with Crippen LogP contribution in [0.15, 0.2) is 30.3 Å². The van der Waals surface area contributed by atoms with Crippen LogP contribution in [0, 0.1) is 0 Å². The number of nitrogens with one attached hydrogen (secondary N) is 1. The molecule has 3 heteroatoms. The third kappa shape index (κ3) is 2.86. The number of rotatable bonds is 4. The Morgan fingerprint density at radius 3 is 2.59 bits per heavy atom. The van der Waals surface area contributed by atoms with Crippen LogP contribution in [0.4, 0.5) is 0 Å². The highest BCUT2D eigenvalue weighted by atomic mass is 16.1. The predicted molar refractivity (Wildman–Crippen MR) is 68.6 cm³/mol. The Kier molecular flexibility index (Phi) is 3.48. The summed E-state index contributed by atoms with van der Waals surface area (Å²) in [6, 6.07) is 9.82. The zero-order chi connectivity index (χ0) is 12.3. The number of nitrogens with two attached hydrogens (primary N) is 1. The molecule has 1 unspecified atom stereocenters. The average Bonchev–Trinajstić information content (AvgIpc) is 2.33. The Morgan fingerprint density at radius 2 is 2.06 bits per heavy atom. The van der Waals surface area contributed by atoms with Crippen LogP contribution in [0.3, 0.4) is 0 Å². The van der Waals surface area contributed by atoms with Crippen molar-refractivity contribution < 1.29 is 4.79 Å². The number of hydrogen-bond acceptors (Lipinski definition) is 2. The second kappa shape index (κ2) is 4.88. The molecule has 0 heterocycles. The maximum absolute atomic E-state index is 12.0. The van der Waals surface area contributed by atoms with Gasteiger partial charge in [-0.2, -0.15) is 0 Å². The molecular weight excluding hydrogens is 212 g/mol. The molecule has 1 atom stereocenters. The largest absolute Gasteiger partial charge is 0.354 e. The molecule has 3 nitrogen and oxygen atoms in total. The average molecular weight is 232 g/mol. The summed E-state index contributed by atoms with van der Waals surface area (Å²) in [5, 5.41) is 2.96. The Labute approximate surface area is 102 Å². The van der Waals surface area contributed by atoms with E-state index in [-0.39, 0.29) is 17.4 Å². The topological polar surface area (TPSA) is 55.1 Å². The minimum absolute atomic E-state index is 0.0629. The van der Waals surface area contributed by atoms with Crippen molar-refractivity contribution in [3.05, 3.63) is 35.9 Å². The predicted octanol–water partition coefficient (Wildman–Crippen LogP) is 1.79.